The number of rotatable bonds is 6. The summed E-state index contributed by atoms with van der Waals surface area (Å²) in [5.41, 5.74) is 3.99. The fraction of sp³-hybridized carbons (Fsp3) is 0.414. The Bertz CT molecular complexity index is 1530. The van der Waals surface area contributed by atoms with Crippen molar-refractivity contribution in [1.29, 1.82) is 0 Å². The average Bonchev–Trinajstić information content (AvgIpc) is 3.33. The quantitative estimate of drug-likeness (QED) is 0.399. The number of amides is 1. The highest BCUT2D eigenvalue weighted by atomic mass is 19.1. The highest BCUT2D eigenvalue weighted by Crippen LogP contribution is 2.34. The lowest BCUT2D eigenvalue weighted by Gasteiger charge is -2.37. The van der Waals surface area contributed by atoms with E-state index in [-0.39, 0.29) is 40.1 Å². The molecule has 0 radical (unpaired) electrons. The van der Waals surface area contributed by atoms with E-state index in [0.717, 1.165) is 11.3 Å². The molecule has 2 fully saturated rings. The maximum atomic E-state index is 13.7. The molecule has 1 aromatic carbocycles. The predicted molar refractivity (Wildman–Crippen MR) is 143 cm³/mol. The first-order chi connectivity index (χ1) is 18.6. The number of hydrogen-bond acceptors (Lipinski definition) is 5. The van der Waals surface area contributed by atoms with E-state index in [4.69, 9.17) is 0 Å². The Kier molecular flexibility index (Phi) is 6.51. The van der Waals surface area contributed by atoms with Gasteiger partial charge in [-0.1, -0.05) is 50.5 Å². The first-order valence-corrected chi connectivity index (χ1v) is 13.5. The first-order valence-electron chi connectivity index (χ1n) is 13.5. The molecule has 0 atom stereocenters. The van der Waals surface area contributed by atoms with Gasteiger partial charge in [0.25, 0.3) is 11.5 Å². The number of aryl methyl sites for hydroxylation is 1. The molecule has 4 heterocycles. The van der Waals surface area contributed by atoms with Crippen molar-refractivity contribution in [3.05, 3.63) is 69.8 Å². The number of alkyl halides is 1. The van der Waals surface area contributed by atoms with Crippen LogP contribution in [0.5, 0.6) is 0 Å². The molecule has 0 bridgehead atoms. The maximum Gasteiger partial charge on any atom is 0.274 e. The Hall–Kier alpha value is -3.88. The second kappa shape index (κ2) is 10.1. The van der Waals surface area contributed by atoms with Crippen molar-refractivity contribution >= 4 is 11.6 Å². The molecule has 4 aromatic rings. The van der Waals surface area contributed by atoms with E-state index >= 15 is 0 Å². The van der Waals surface area contributed by atoms with Crippen molar-refractivity contribution in [1.82, 2.24) is 29.5 Å². The van der Waals surface area contributed by atoms with Crippen molar-refractivity contribution < 1.29 is 9.18 Å². The number of fused-ring (bicyclic) bond motifs is 1. The zero-order valence-electron chi connectivity index (χ0n) is 21.5. The highest BCUT2D eigenvalue weighted by molar-refractivity contribution is 6.05. The van der Waals surface area contributed by atoms with E-state index in [1.165, 1.54) is 48.2 Å². The predicted octanol–water partition coefficient (Wildman–Crippen LogP) is 4.80. The molecule has 0 spiro atoms. The summed E-state index contributed by atoms with van der Waals surface area (Å²) in [5, 5.41) is 4.50. The third kappa shape index (κ3) is 4.40. The number of nitrogens with zero attached hydrogens (tertiary/aromatic N) is 5. The van der Waals surface area contributed by atoms with Crippen molar-refractivity contribution in [3.63, 3.8) is 0 Å². The minimum atomic E-state index is -0.467. The fourth-order valence-electron chi connectivity index (χ4n) is 5.63. The van der Waals surface area contributed by atoms with Crippen LogP contribution in [0.15, 0.2) is 47.4 Å². The van der Waals surface area contributed by atoms with E-state index in [1.807, 2.05) is 25.1 Å². The second-order valence-electron chi connectivity index (χ2n) is 10.4. The summed E-state index contributed by atoms with van der Waals surface area (Å²) in [6.07, 6.45) is 8.60. The molecule has 8 nitrogen and oxygen atoms in total. The molecule has 1 amide bonds. The SMILES string of the molecule is CCc1ccnc(-c2nn3c(=O)cc(-c4ccc(C5CCCCC5)cc4)[nH]c3c2C(=O)N2CC(CF)C2)n1. The van der Waals surface area contributed by atoms with Gasteiger partial charge in [0.05, 0.1) is 12.4 Å². The number of aromatic amines is 1. The normalized spacial score (nSPS) is 16.6. The van der Waals surface area contributed by atoms with Crippen LogP contribution in [0, 0.1) is 5.92 Å². The zero-order valence-corrected chi connectivity index (χ0v) is 21.5. The Morgan fingerprint density at radius 3 is 2.58 bits per heavy atom. The molecule has 6 rings (SSSR count). The number of likely N-dealkylation sites (tertiary alicyclic amines) is 1. The Balaban J connectivity index is 1.45. The summed E-state index contributed by atoms with van der Waals surface area (Å²) in [7, 11) is 0. The minimum Gasteiger partial charge on any atom is -0.339 e. The van der Waals surface area contributed by atoms with Crippen LogP contribution in [-0.2, 0) is 6.42 Å². The third-order valence-electron chi connectivity index (χ3n) is 7.88. The van der Waals surface area contributed by atoms with Gasteiger partial charge in [-0.25, -0.2) is 9.97 Å². The van der Waals surface area contributed by atoms with Crippen LogP contribution in [0.1, 0.15) is 66.6 Å². The maximum absolute atomic E-state index is 13.7. The number of halogens is 1. The van der Waals surface area contributed by atoms with E-state index in [1.54, 1.807) is 11.1 Å². The smallest absolute Gasteiger partial charge is 0.274 e. The Morgan fingerprint density at radius 1 is 1.11 bits per heavy atom. The highest BCUT2D eigenvalue weighted by Gasteiger charge is 2.35. The molecule has 1 aliphatic carbocycles. The van der Waals surface area contributed by atoms with Gasteiger partial charge >= 0.3 is 0 Å². The van der Waals surface area contributed by atoms with Gasteiger partial charge < -0.3 is 9.88 Å². The average molecular weight is 515 g/mol. The Labute approximate surface area is 219 Å². The lowest BCUT2D eigenvalue weighted by atomic mass is 9.84. The van der Waals surface area contributed by atoms with Crippen LogP contribution in [0.2, 0.25) is 0 Å². The van der Waals surface area contributed by atoms with Crippen molar-refractivity contribution in [2.75, 3.05) is 19.8 Å². The largest absolute Gasteiger partial charge is 0.339 e. The summed E-state index contributed by atoms with van der Waals surface area (Å²) >= 11 is 0. The number of nitrogens with one attached hydrogen (secondary N) is 1. The van der Waals surface area contributed by atoms with E-state index in [2.05, 4.69) is 32.2 Å². The molecule has 196 valence electrons. The summed E-state index contributed by atoms with van der Waals surface area (Å²) in [5.74, 6) is 0.390. The van der Waals surface area contributed by atoms with E-state index in [9.17, 15) is 14.0 Å². The molecular weight excluding hydrogens is 483 g/mol. The second-order valence-corrected chi connectivity index (χ2v) is 10.4. The van der Waals surface area contributed by atoms with Gasteiger partial charge in [-0.15, -0.1) is 0 Å². The van der Waals surface area contributed by atoms with Crippen LogP contribution < -0.4 is 5.56 Å². The van der Waals surface area contributed by atoms with Gasteiger partial charge in [0, 0.05) is 37.0 Å². The molecule has 3 aromatic heterocycles. The lowest BCUT2D eigenvalue weighted by Crippen LogP contribution is -2.50. The molecule has 1 saturated carbocycles. The number of hydrogen-bond donors (Lipinski definition) is 1. The minimum absolute atomic E-state index is 0.166. The van der Waals surface area contributed by atoms with Gasteiger partial charge in [-0.2, -0.15) is 9.61 Å². The third-order valence-corrected chi connectivity index (χ3v) is 7.88. The van der Waals surface area contributed by atoms with E-state index < -0.39 is 6.67 Å². The number of carbonyl (C=O) groups is 1. The van der Waals surface area contributed by atoms with Crippen LogP contribution in [-0.4, -0.2) is 55.1 Å². The first kappa shape index (κ1) is 24.5. The summed E-state index contributed by atoms with van der Waals surface area (Å²) in [6.45, 7) is 2.17. The molecule has 38 heavy (non-hydrogen) atoms. The van der Waals surface area contributed by atoms with Gasteiger partial charge in [0.15, 0.2) is 11.5 Å². The monoisotopic (exact) mass is 514 g/mol. The van der Waals surface area contributed by atoms with Crippen LogP contribution in [0.25, 0.3) is 28.4 Å². The molecular formula is C29H31FN6O2. The summed E-state index contributed by atoms with van der Waals surface area (Å²) in [6, 6.07) is 11.6. The number of carbonyl (C=O) groups excluding carboxylic acids is 1. The number of benzene rings is 1. The molecule has 1 saturated heterocycles. The van der Waals surface area contributed by atoms with Gasteiger partial charge in [0.2, 0.25) is 0 Å². The fourth-order valence-corrected chi connectivity index (χ4v) is 5.63. The molecule has 9 heteroatoms. The molecule has 0 unspecified atom stereocenters. The van der Waals surface area contributed by atoms with E-state index in [0.29, 0.717) is 31.1 Å². The Morgan fingerprint density at radius 2 is 1.87 bits per heavy atom. The van der Waals surface area contributed by atoms with Crippen molar-refractivity contribution in [2.24, 2.45) is 5.92 Å². The zero-order chi connectivity index (χ0) is 26.2. The molecule has 1 aliphatic heterocycles. The summed E-state index contributed by atoms with van der Waals surface area (Å²) in [4.78, 5) is 40.7. The lowest BCUT2D eigenvalue weighted by molar-refractivity contribution is 0.0455. The van der Waals surface area contributed by atoms with Crippen molar-refractivity contribution in [2.45, 2.75) is 51.4 Å². The van der Waals surface area contributed by atoms with Crippen LogP contribution >= 0.6 is 0 Å². The van der Waals surface area contributed by atoms with Crippen LogP contribution in [0.3, 0.4) is 0 Å². The number of aromatic nitrogens is 5. The molecule has 2 aliphatic rings. The molecule has 1 N–H and O–H groups in total. The van der Waals surface area contributed by atoms with Crippen molar-refractivity contribution in [3.8, 4) is 22.8 Å². The topological polar surface area (TPSA) is 96.2 Å². The number of H-pyrrole nitrogens is 1. The van der Waals surface area contributed by atoms with Gasteiger partial charge in [-0.3, -0.25) is 14.0 Å². The van der Waals surface area contributed by atoms with Gasteiger partial charge in [0.1, 0.15) is 11.3 Å². The van der Waals surface area contributed by atoms with Crippen LogP contribution in [0.4, 0.5) is 4.39 Å². The summed E-state index contributed by atoms with van der Waals surface area (Å²) < 4.78 is 14.3. The van der Waals surface area contributed by atoms with Gasteiger partial charge in [-0.05, 0) is 42.4 Å². The standard InChI is InChI=1S/C29H31FN6O2/c1-2-22-12-13-31-27(32-22)26-25(29(38)35-16-18(15-30)17-35)28-33-23(14-24(37)36(28)34-26)21-10-8-20(9-11-21)19-6-4-3-5-7-19/h8-14,18-19,33H,2-7,15-17H2,1H3.